The van der Waals surface area contributed by atoms with Crippen LogP contribution < -0.4 is 10.3 Å². The van der Waals surface area contributed by atoms with Crippen LogP contribution in [0, 0.1) is 0 Å². The third-order valence-electron chi connectivity index (χ3n) is 7.98. The first kappa shape index (κ1) is 24.8. The number of anilines is 2. The Morgan fingerprint density at radius 3 is 2.12 bits per heavy atom. The zero-order chi connectivity index (χ0) is 27.8. The number of hydrogen-bond acceptors (Lipinski definition) is 4. The third kappa shape index (κ3) is 4.33. The number of benzene rings is 3. The number of pyridine rings is 3. The minimum atomic E-state index is 0.0474. The fraction of sp³-hybridized carbons (Fsp3) is 0.111. The van der Waals surface area contributed by atoms with Crippen molar-refractivity contribution in [3.05, 3.63) is 155 Å². The number of fused-ring (bicyclic) bond motifs is 4. The Morgan fingerprint density at radius 2 is 1.39 bits per heavy atom. The van der Waals surface area contributed by atoms with Gasteiger partial charge in [0.25, 0.3) is 0 Å². The van der Waals surface area contributed by atoms with Crippen LogP contribution in [0.25, 0.3) is 27.4 Å². The molecule has 0 spiro atoms. The largest absolute Gasteiger partial charge is 0.340 e. The molecule has 0 aliphatic carbocycles. The van der Waals surface area contributed by atoms with Crippen LogP contribution in [-0.4, -0.2) is 21.1 Å². The van der Waals surface area contributed by atoms with Gasteiger partial charge in [0, 0.05) is 71.0 Å². The zero-order valence-corrected chi connectivity index (χ0v) is 22.6. The summed E-state index contributed by atoms with van der Waals surface area (Å²) in [4.78, 5) is 24.9. The predicted molar refractivity (Wildman–Crippen MR) is 167 cm³/mol. The van der Waals surface area contributed by atoms with Gasteiger partial charge < -0.3 is 9.47 Å². The highest BCUT2D eigenvalue weighted by atomic mass is 16.1. The Hall–Kier alpha value is -5.25. The van der Waals surface area contributed by atoms with Crippen molar-refractivity contribution in [3.63, 3.8) is 0 Å². The highest BCUT2D eigenvalue weighted by Gasteiger charge is 2.28. The summed E-state index contributed by atoms with van der Waals surface area (Å²) in [6.07, 6.45) is 9.04. The zero-order valence-electron chi connectivity index (χ0n) is 22.6. The van der Waals surface area contributed by atoms with Crippen molar-refractivity contribution >= 4 is 38.8 Å². The molecule has 0 radical (unpaired) electrons. The molecule has 198 valence electrons. The van der Waals surface area contributed by atoms with Crippen LogP contribution in [0.1, 0.15) is 22.3 Å². The Balaban J connectivity index is 1.45. The third-order valence-corrected chi connectivity index (χ3v) is 7.98. The summed E-state index contributed by atoms with van der Waals surface area (Å²) < 4.78 is 2.28. The number of para-hydroxylation sites is 2. The second kappa shape index (κ2) is 10.4. The summed E-state index contributed by atoms with van der Waals surface area (Å²) >= 11 is 0. The topological polar surface area (TPSA) is 51.0 Å². The average Bonchev–Trinajstić information content (AvgIpc) is 3.03. The summed E-state index contributed by atoms with van der Waals surface area (Å²) in [6, 6.07) is 28.7. The van der Waals surface area contributed by atoms with Crippen molar-refractivity contribution in [2.45, 2.75) is 19.4 Å². The van der Waals surface area contributed by atoms with E-state index in [4.69, 9.17) is 0 Å². The van der Waals surface area contributed by atoms with E-state index < -0.39 is 0 Å². The molecule has 5 nitrogen and oxygen atoms in total. The van der Waals surface area contributed by atoms with E-state index in [0.29, 0.717) is 5.39 Å². The fourth-order valence-corrected chi connectivity index (χ4v) is 6.02. The lowest BCUT2D eigenvalue weighted by molar-refractivity contribution is 0.738. The van der Waals surface area contributed by atoms with E-state index in [-0.39, 0.29) is 5.43 Å². The highest BCUT2D eigenvalue weighted by molar-refractivity contribution is 6.04. The second-order valence-corrected chi connectivity index (χ2v) is 10.3. The molecule has 0 fully saturated rings. The fourth-order valence-electron chi connectivity index (χ4n) is 6.02. The van der Waals surface area contributed by atoms with Crippen LogP contribution >= 0.6 is 0 Å². The van der Waals surface area contributed by atoms with Crippen molar-refractivity contribution in [3.8, 4) is 0 Å². The smallest absolute Gasteiger partial charge is 0.197 e. The van der Waals surface area contributed by atoms with Gasteiger partial charge in [-0.3, -0.25) is 14.8 Å². The molecule has 3 aromatic heterocycles. The average molecular weight is 533 g/mol. The molecular formula is C36H28N4O. The molecule has 3 aromatic carbocycles. The lowest BCUT2D eigenvalue weighted by Gasteiger charge is -2.35. The van der Waals surface area contributed by atoms with Crippen LogP contribution in [0.4, 0.5) is 11.4 Å². The monoisotopic (exact) mass is 532 g/mol. The van der Waals surface area contributed by atoms with Crippen molar-refractivity contribution in [1.82, 2.24) is 14.5 Å². The first-order valence-corrected chi connectivity index (χ1v) is 13.9. The van der Waals surface area contributed by atoms with E-state index >= 15 is 0 Å². The van der Waals surface area contributed by atoms with E-state index in [1.54, 1.807) is 12.4 Å². The standard InChI is InChI=1S/C36H28N4O/c1-2-27-28-11-3-5-13-32(28)39(19-15-25-9-7-17-37-23-25)34-22-31-35(21-30(27)34)40(20-16-26-10-8-18-38-24-26)33-14-6-4-12-29(33)36(31)41/h3-14,17-18,21-24H,1,15-16,19-20H2. The van der Waals surface area contributed by atoms with E-state index in [0.717, 1.165) is 76.0 Å². The maximum Gasteiger partial charge on any atom is 0.197 e. The lowest BCUT2D eigenvalue weighted by atomic mass is 9.89. The molecule has 0 saturated heterocycles. The molecule has 0 saturated carbocycles. The minimum absolute atomic E-state index is 0.0474. The maximum atomic E-state index is 14.0. The summed E-state index contributed by atoms with van der Waals surface area (Å²) in [5.41, 5.74) is 12.6. The van der Waals surface area contributed by atoms with Gasteiger partial charge in [0.2, 0.25) is 0 Å². The molecule has 4 heterocycles. The van der Waals surface area contributed by atoms with Gasteiger partial charge in [-0.25, -0.2) is 0 Å². The SMILES string of the molecule is C=C=C1c2ccccc2N(CCc2cccnc2)c2cc3c(=O)c4ccccc4n(CCc4cccnc4)c3cc21. The van der Waals surface area contributed by atoms with Crippen LogP contribution in [-0.2, 0) is 19.4 Å². The summed E-state index contributed by atoms with van der Waals surface area (Å²) in [5, 5.41) is 1.44. The van der Waals surface area contributed by atoms with Gasteiger partial charge in [0.05, 0.1) is 16.7 Å². The molecule has 0 unspecified atom stereocenters. The molecule has 0 N–H and O–H groups in total. The maximum absolute atomic E-state index is 14.0. The molecule has 1 aliphatic rings. The molecule has 7 rings (SSSR count). The molecule has 0 amide bonds. The predicted octanol–water partition coefficient (Wildman–Crippen LogP) is 7.10. The molecule has 5 heteroatoms. The van der Waals surface area contributed by atoms with Crippen LogP contribution in [0.15, 0.2) is 127 Å². The van der Waals surface area contributed by atoms with Gasteiger partial charge in [-0.15, -0.1) is 5.73 Å². The van der Waals surface area contributed by atoms with Crippen molar-refractivity contribution < 1.29 is 0 Å². The van der Waals surface area contributed by atoms with Gasteiger partial charge in [-0.2, -0.15) is 0 Å². The molecule has 6 aromatic rings. The van der Waals surface area contributed by atoms with Gasteiger partial charge >= 0.3 is 0 Å². The highest BCUT2D eigenvalue weighted by Crippen LogP contribution is 2.46. The van der Waals surface area contributed by atoms with Crippen LogP contribution in [0.2, 0.25) is 0 Å². The first-order chi connectivity index (χ1) is 20.2. The number of nitrogens with zero attached hydrogens (tertiary/aromatic N) is 4. The lowest BCUT2D eigenvalue weighted by Crippen LogP contribution is -2.26. The number of rotatable bonds is 6. The molecule has 0 atom stereocenters. The summed E-state index contributed by atoms with van der Waals surface area (Å²) in [7, 11) is 0. The molecule has 41 heavy (non-hydrogen) atoms. The van der Waals surface area contributed by atoms with E-state index in [1.807, 2.05) is 48.8 Å². The number of aryl methyl sites for hydroxylation is 2. The van der Waals surface area contributed by atoms with Crippen molar-refractivity contribution in [2.24, 2.45) is 0 Å². The second-order valence-electron chi connectivity index (χ2n) is 10.3. The Bertz CT molecular complexity index is 2020. The minimum Gasteiger partial charge on any atom is -0.340 e. The van der Waals surface area contributed by atoms with Crippen LogP contribution in [0.5, 0.6) is 0 Å². The molecule has 1 aliphatic heterocycles. The van der Waals surface area contributed by atoms with E-state index in [9.17, 15) is 4.79 Å². The van der Waals surface area contributed by atoms with E-state index in [2.05, 4.69) is 80.3 Å². The normalized spacial score (nSPS) is 12.3. The number of aromatic nitrogens is 3. The van der Waals surface area contributed by atoms with Crippen molar-refractivity contribution in [1.29, 1.82) is 0 Å². The Labute approximate surface area is 238 Å². The number of hydrogen-bond donors (Lipinski definition) is 0. The quantitative estimate of drug-likeness (QED) is 0.170. The van der Waals surface area contributed by atoms with Gasteiger partial charge in [0.15, 0.2) is 5.43 Å². The van der Waals surface area contributed by atoms with Crippen molar-refractivity contribution in [2.75, 3.05) is 11.4 Å². The van der Waals surface area contributed by atoms with Gasteiger partial charge in [-0.1, -0.05) is 49.0 Å². The first-order valence-electron chi connectivity index (χ1n) is 13.9. The van der Waals surface area contributed by atoms with E-state index in [1.165, 1.54) is 5.56 Å². The Morgan fingerprint density at radius 1 is 0.683 bits per heavy atom. The Kier molecular flexibility index (Phi) is 6.27. The summed E-state index contributed by atoms with van der Waals surface area (Å²) in [6.45, 7) is 5.55. The molecule has 0 bridgehead atoms. The van der Waals surface area contributed by atoms with Crippen LogP contribution in [0.3, 0.4) is 0 Å². The molecular weight excluding hydrogens is 504 g/mol. The van der Waals surface area contributed by atoms with Gasteiger partial charge in [0.1, 0.15) is 0 Å². The summed E-state index contributed by atoms with van der Waals surface area (Å²) in [5.74, 6) is 0. The van der Waals surface area contributed by atoms with Gasteiger partial charge in [-0.05, 0) is 66.4 Å².